The van der Waals surface area contributed by atoms with Gasteiger partial charge in [-0.25, -0.2) is 0 Å². The zero-order valence-electron chi connectivity index (χ0n) is 15.0. The molecule has 2 N–H and O–H groups in total. The average molecular weight is 347 g/mol. The molecule has 0 aliphatic heterocycles. The summed E-state index contributed by atoms with van der Waals surface area (Å²) in [6.07, 6.45) is 14.5. The fourth-order valence-electron chi connectivity index (χ4n) is 3.29. The molecule has 0 fully saturated rings. The lowest BCUT2D eigenvalue weighted by molar-refractivity contribution is 1.54. The number of nitrogen functional groups attached to an aromatic ring is 1. The van der Waals surface area contributed by atoms with Gasteiger partial charge in [-0.2, -0.15) is 0 Å². The predicted molar refractivity (Wildman–Crippen MR) is 117 cm³/mol. The number of anilines is 1. The summed E-state index contributed by atoms with van der Waals surface area (Å²) in [7, 11) is 0. The minimum atomic E-state index is 0.807. The van der Waals surface area contributed by atoms with Gasteiger partial charge in [-0.15, -0.1) is 0 Å². The van der Waals surface area contributed by atoms with Gasteiger partial charge in [0.15, 0.2) is 0 Å². The van der Waals surface area contributed by atoms with Crippen LogP contribution in [0.3, 0.4) is 0 Å². The highest BCUT2D eigenvalue weighted by molar-refractivity contribution is 5.93. The molecule has 0 aromatic heterocycles. The molecule has 130 valence electrons. The van der Waals surface area contributed by atoms with Crippen LogP contribution in [0.25, 0.3) is 27.8 Å². The Balaban J connectivity index is 1.95. The molecular weight excluding hydrogens is 326 g/mol. The van der Waals surface area contributed by atoms with Crippen molar-refractivity contribution in [1.29, 1.82) is 0 Å². The van der Waals surface area contributed by atoms with Crippen LogP contribution in [0.1, 0.15) is 5.56 Å². The Bertz CT molecular complexity index is 991. The van der Waals surface area contributed by atoms with E-state index >= 15 is 0 Å². The van der Waals surface area contributed by atoms with E-state index in [0.29, 0.717) is 0 Å². The lowest BCUT2D eigenvalue weighted by Crippen LogP contribution is -1.97. The first kappa shape index (κ1) is 16.9. The van der Waals surface area contributed by atoms with Crippen LogP contribution in [-0.2, 0) is 0 Å². The van der Waals surface area contributed by atoms with Gasteiger partial charge in [-0.1, -0.05) is 103 Å². The summed E-state index contributed by atoms with van der Waals surface area (Å²) in [4.78, 5) is 0. The molecule has 0 heterocycles. The van der Waals surface area contributed by atoms with E-state index in [9.17, 15) is 0 Å². The third-order valence-electron chi connectivity index (χ3n) is 4.68. The number of allylic oxidation sites excluding steroid dienone is 8. The third kappa shape index (κ3) is 3.68. The van der Waals surface area contributed by atoms with E-state index in [2.05, 4.69) is 60.7 Å². The Labute approximate surface area is 160 Å². The number of hydrogen-bond donors (Lipinski definition) is 1. The van der Waals surface area contributed by atoms with Gasteiger partial charge in [0.2, 0.25) is 0 Å². The van der Waals surface area contributed by atoms with Gasteiger partial charge in [0.05, 0.1) is 0 Å². The van der Waals surface area contributed by atoms with Crippen molar-refractivity contribution < 1.29 is 0 Å². The van der Waals surface area contributed by atoms with Crippen LogP contribution in [0.2, 0.25) is 0 Å². The van der Waals surface area contributed by atoms with Gasteiger partial charge in [-0.3, -0.25) is 0 Å². The summed E-state index contributed by atoms with van der Waals surface area (Å²) in [6.45, 7) is 0. The number of rotatable bonds is 3. The van der Waals surface area contributed by atoms with Crippen LogP contribution < -0.4 is 5.73 Å². The fourth-order valence-corrected chi connectivity index (χ4v) is 3.29. The lowest BCUT2D eigenvalue weighted by Gasteiger charge is -2.16. The van der Waals surface area contributed by atoms with Gasteiger partial charge in [0.25, 0.3) is 0 Å². The first-order chi connectivity index (χ1) is 13.3. The van der Waals surface area contributed by atoms with E-state index < -0.39 is 0 Å². The summed E-state index contributed by atoms with van der Waals surface area (Å²) >= 11 is 0. The van der Waals surface area contributed by atoms with E-state index in [1.165, 1.54) is 0 Å². The van der Waals surface area contributed by atoms with Gasteiger partial charge in [0, 0.05) is 16.8 Å². The predicted octanol–water partition coefficient (Wildman–Crippen LogP) is 6.67. The number of nitrogens with two attached hydrogens (primary N) is 1. The first-order valence-corrected chi connectivity index (χ1v) is 9.09. The molecule has 0 unspecified atom stereocenters. The second kappa shape index (κ2) is 7.76. The molecule has 1 nitrogen and oxygen atoms in total. The van der Waals surface area contributed by atoms with Crippen LogP contribution in [0.15, 0.2) is 115 Å². The normalized spacial score (nSPS) is 13.1. The maximum Gasteiger partial charge on any atom is 0.0473 e. The molecule has 3 aromatic carbocycles. The zero-order chi connectivity index (χ0) is 18.5. The lowest BCUT2D eigenvalue weighted by atomic mass is 9.90. The van der Waals surface area contributed by atoms with Crippen molar-refractivity contribution in [2.24, 2.45) is 0 Å². The second-order valence-electron chi connectivity index (χ2n) is 6.47. The fraction of sp³-hybridized carbons (Fsp3) is 0. The highest BCUT2D eigenvalue weighted by Crippen LogP contribution is 2.38. The van der Waals surface area contributed by atoms with Gasteiger partial charge >= 0.3 is 0 Å². The molecule has 0 atom stereocenters. The molecule has 1 aliphatic rings. The summed E-state index contributed by atoms with van der Waals surface area (Å²) in [5.41, 5.74) is 14.1. The van der Waals surface area contributed by atoms with E-state index in [-0.39, 0.29) is 0 Å². The molecule has 0 spiro atoms. The molecule has 4 rings (SSSR count). The van der Waals surface area contributed by atoms with Crippen LogP contribution in [0, 0.1) is 0 Å². The van der Waals surface area contributed by atoms with Crippen LogP contribution in [0.5, 0.6) is 0 Å². The molecule has 27 heavy (non-hydrogen) atoms. The van der Waals surface area contributed by atoms with Crippen molar-refractivity contribution in [3.8, 4) is 22.3 Å². The molecule has 0 amide bonds. The van der Waals surface area contributed by atoms with Crippen molar-refractivity contribution in [3.05, 3.63) is 121 Å². The standard InChI is InChI=1S/C26H21N/c27-26-24(21-14-8-4-9-15-21)18-23(20-12-6-2-1-3-7-13-20)19-25(26)22-16-10-5-11-17-22/h1-19H,27H2. The second-order valence-corrected chi connectivity index (χ2v) is 6.47. The Kier molecular flexibility index (Phi) is 4.84. The largest absolute Gasteiger partial charge is 0.398 e. The minimum absolute atomic E-state index is 0.807. The summed E-state index contributed by atoms with van der Waals surface area (Å²) < 4.78 is 0. The van der Waals surface area contributed by atoms with Crippen molar-refractivity contribution in [1.82, 2.24) is 0 Å². The average Bonchev–Trinajstić information content (AvgIpc) is 2.70. The zero-order valence-corrected chi connectivity index (χ0v) is 15.0. The van der Waals surface area contributed by atoms with Crippen LogP contribution in [0.4, 0.5) is 5.69 Å². The Hall–Kier alpha value is -3.58. The minimum Gasteiger partial charge on any atom is -0.398 e. The van der Waals surface area contributed by atoms with E-state index in [1.807, 2.05) is 54.6 Å². The number of benzene rings is 3. The topological polar surface area (TPSA) is 26.0 Å². The SMILES string of the molecule is Nc1c(-c2ccccc2)cc(C2=CC=CC=CC=C2)cc1-c1ccccc1. The van der Waals surface area contributed by atoms with E-state index in [0.717, 1.165) is 39.1 Å². The Morgan fingerprint density at radius 1 is 0.519 bits per heavy atom. The van der Waals surface area contributed by atoms with Gasteiger partial charge in [-0.05, 0) is 34.4 Å². The highest BCUT2D eigenvalue weighted by atomic mass is 14.6. The highest BCUT2D eigenvalue weighted by Gasteiger charge is 2.13. The third-order valence-corrected chi connectivity index (χ3v) is 4.68. The first-order valence-electron chi connectivity index (χ1n) is 9.09. The Morgan fingerprint density at radius 2 is 1.04 bits per heavy atom. The molecule has 1 aliphatic carbocycles. The smallest absolute Gasteiger partial charge is 0.0473 e. The maximum atomic E-state index is 6.64. The molecule has 0 radical (unpaired) electrons. The van der Waals surface area contributed by atoms with Gasteiger partial charge < -0.3 is 5.73 Å². The summed E-state index contributed by atoms with van der Waals surface area (Å²) in [6, 6.07) is 25.0. The van der Waals surface area contributed by atoms with Crippen molar-refractivity contribution >= 4 is 11.3 Å². The van der Waals surface area contributed by atoms with Crippen LogP contribution in [-0.4, -0.2) is 0 Å². The Morgan fingerprint density at radius 3 is 1.63 bits per heavy atom. The van der Waals surface area contributed by atoms with E-state index in [4.69, 9.17) is 5.73 Å². The maximum absolute atomic E-state index is 6.64. The van der Waals surface area contributed by atoms with Crippen molar-refractivity contribution in [3.63, 3.8) is 0 Å². The summed E-state index contributed by atoms with van der Waals surface area (Å²) in [5.74, 6) is 0. The monoisotopic (exact) mass is 347 g/mol. The molecule has 3 aromatic rings. The molecule has 0 saturated heterocycles. The van der Waals surface area contributed by atoms with Crippen molar-refractivity contribution in [2.45, 2.75) is 0 Å². The van der Waals surface area contributed by atoms with Crippen LogP contribution >= 0.6 is 0 Å². The molecule has 0 saturated carbocycles. The molecule has 1 heteroatoms. The number of hydrogen-bond acceptors (Lipinski definition) is 1. The van der Waals surface area contributed by atoms with E-state index in [1.54, 1.807) is 0 Å². The molecule has 0 bridgehead atoms. The summed E-state index contributed by atoms with van der Waals surface area (Å²) in [5, 5.41) is 0. The van der Waals surface area contributed by atoms with Crippen molar-refractivity contribution in [2.75, 3.05) is 5.73 Å². The quantitative estimate of drug-likeness (QED) is 0.526. The molecular formula is C26H21N. The van der Waals surface area contributed by atoms with Gasteiger partial charge in [0.1, 0.15) is 0 Å².